The second kappa shape index (κ2) is 6.69. The molecular weight excluding hydrogens is 216 g/mol. The number of rotatable bonds is 7. The first-order valence-corrected chi connectivity index (χ1v) is 6.70. The van der Waals surface area contributed by atoms with Crippen LogP contribution in [-0.4, -0.2) is 61.0 Å². The van der Waals surface area contributed by atoms with Gasteiger partial charge in [0.05, 0.1) is 12.7 Å². The van der Waals surface area contributed by atoms with Crippen molar-refractivity contribution < 1.29 is 9.84 Å². The van der Waals surface area contributed by atoms with Gasteiger partial charge in [0.1, 0.15) is 0 Å². The Kier molecular flexibility index (Phi) is 5.86. The monoisotopic (exact) mass is 244 g/mol. The molecule has 3 unspecified atom stereocenters. The standard InChI is InChI=1S/C13H28N2O2/c1-5-14-13(3,10-16)7-8-15(4)12-6-9-17-11(12)2/h11-12,14,16H,5-10H2,1-4H3. The van der Waals surface area contributed by atoms with Crippen LogP contribution in [0.25, 0.3) is 0 Å². The van der Waals surface area contributed by atoms with Crippen LogP contribution in [0.2, 0.25) is 0 Å². The third-order valence-electron chi connectivity index (χ3n) is 3.87. The molecule has 1 fully saturated rings. The summed E-state index contributed by atoms with van der Waals surface area (Å²) in [5.41, 5.74) is -0.161. The number of hydrogen-bond acceptors (Lipinski definition) is 4. The third kappa shape index (κ3) is 4.21. The van der Waals surface area contributed by atoms with Gasteiger partial charge in [0, 0.05) is 24.7 Å². The van der Waals surface area contributed by atoms with Crippen LogP contribution in [0.4, 0.5) is 0 Å². The summed E-state index contributed by atoms with van der Waals surface area (Å²) in [5.74, 6) is 0. The Balaban J connectivity index is 2.38. The quantitative estimate of drug-likeness (QED) is 0.697. The topological polar surface area (TPSA) is 44.7 Å². The zero-order valence-corrected chi connectivity index (χ0v) is 11.7. The van der Waals surface area contributed by atoms with E-state index in [1.807, 2.05) is 0 Å². The summed E-state index contributed by atoms with van der Waals surface area (Å²) in [5, 5.41) is 12.8. The lowest BCUT2D eigenvalue weighted by Crippen LogP contribution is -2.49. The van der Waals surface area contributed by atoms with Gasteiger partial charge in [-0.05, 0) is 40.3 Å². The molecule has 0 aliphatic carbocycles. The second-order valence-electron chi connectivity index (χ2n) is 5.41. The molecule has 0 spiro atoms. The number of ether oxygens (including phenoxy) is 1. The van der Waals surface area contributed by atoms with E-state index in [4.69, 9.17) is 4.74 Å². The highest BCUT2D eigenvalue weighted by Gasteiger charge is 2.29. The van der Waals surface area contributed by atoms with Crippen molar-refractivity contribution in [3.05, 3.63) is 0 Å². The Hall–Kier alpha value is -0.160. The van der Waals surface area contributed by atoms with Gasteiger partial charge in [-0.3, -0.25) is 0 Å². The maximum atomic E-state index is 9.44. The van der Waals surface area contributed by atoms with Gasteiger partial charge in [0.15, 0.2) is 0 Å². The van der Waals surface area contributed by atoms with Crippen molar-refractivity contribution in [2.45, 2.75) is 51.3 Å². The van der Waals surface area contributed by atoms with Crippen molar-refractivity contribution >= 4 is 0 Å². The molecule has 0 bridgehead atoms. The number of nitrogens with zero attached hydrogens (tertiary/aromatic N) is 1. The smallest absolute Gasteiger partial charge is 0.0702 e. The molecule has 4 nitrogen and oxygen atoms in total. The maximum absolute atomic E-state index is 9.44. The van der Waals surface area contributed by atoms with E-state index in [1.54, 1.807) is 0 Å². The molecule has 0 amide bonds. The van der Waals surface area contributed by atoms with Crippen LogP contribution in [0.5, 0.6) is 0 Å². The van der Waals surface area contributed by atoms with Gasteiger partial charge >= 0.3 is 0 Å². The molecule has 4 heteroatoms. The summed E-state index contributed by atoms with van der Waals surface area (Å²) in [7, 11) is 2.15. The first kappa shape index (κ1) is 14.9. The van der Waals surface area contributed by atoms with Crippen LogP contribution >= 0.6 is 0 Å². The molecule has 0 aromatic carbocycles. The molecule has 102 valence electrons. The molecule has 2 N–H and O–H groups in total. The Morgan fingerprint density at radius 2 is 2.24 bits per heavy atom. The minimum absolute atomic E-state index is 0.161. The van der Waals surface area contributed by atoms with Crippen molar-refractivity contribution in [2.24, 2.45) is 0 Å². The molecule has 0 aromatic heterocycles. The van der Waals surface area contributed by atoms with Crippen molar-refractivity contribution in [1.82, 2.24) is 10.2 Å². The van der Waals surface area contributed by atoms with Crippen molar-refractivity contribution in [2.75, 3.05) is 33.4 Å². The molecule has 1 aliphatic rings. The van der Waals surface area contributed by atoms with Crippen molar-refractivity contribution in [3.63, 3.8) is 0 Å². The van der Waals surface area contributed by atoms with Crippen LogP contribution in [-0.2, 0) is 4.74 Å². The Morgan fingerprint density at radius 3 is 2.71 bits per heavy atom. The van der Waals surface area contributed by atoms with Crippen LogP contribution in [0.3, 0.4) is 0 Å². The third-order valence-corrected chi connectivity index (χ3v) is 3.87. The van der Waals surface area contributed by atoms with Gasteiger partial charge in [-0.25, -0.2) is 0 Å². The number of hydrogen-bond donors (Lipinski definition) is 2. The lowest BCUT2D eigenvalue weighted by Gasteiger charge is -2.33. The Bertz CT molecular complexity index is 225. The molecule has 1 aliphatic heterocycles. The zero-order valence-electron chi connectivity index (χ0n) is 11.7. The summed E-state index contributed by atoms with van der Waals surface area (Å²) in [6.45, 7) is 9.24. The van der Waals surface area contributed by atoms with Gasteiger partial charge in [0.2, 0.25) is 0 Å². The second-order valence-corrected chi connectivity index (χ2v) is 5.41. The first-order chi connectivity index (χ1) is 8.02. The molecule has 1 heterocycles. The van der Waals surface area contributed by atoms with Crippen LogP contribution in [0.15, 0.2) is 0 Å². The number of likely N-dealkylation sites (N-methyl/N-ethyl adjacent to an activating group) is 2. The molecule has 0 aromatic rings. The Labute approximate surface area is 105 Å². The van der Waals surface area contributed by atoms with E-state index in [2.05, 4.69) is 38.0 Å². The van der Waals surface area contributed by atoms with E-state index < -0.39 is 0 Å². The highest BCUT2D eigenvalue weighted by Crippen LogP contribution is 2.19. The van der Waals surface area contributed by atoms with Crippen LogP contribution in [0, 0.1) is 0 Å². The van der Waals surface area contributed by atoms with Crippen molar-refractivity contribution in [1.29, 1.82) is 0 Å². The Morgan fingerprint density at radius 1 is 1.53 bits per heavy atom. The summed E-state index contributed by atoms with van der Waals surface area (Å²) >= 11 is 0. The number of aliphatic hydroxyl groups excluding tert-OH is 1. The molecule has 0 radical (unpaired) electrons. The minimum atomic E-state index is -0.161. The molecule has 3 atom stereocenters. The summed E-state index contributed by atoms with van der Waals surface area (Å²) in [4.78, 5) is 2.36. The molecule has 1 rings (SSSR count). The SMILES string of the molecule is CCNC(C)(CO)CCN(C)C1CCOC1C. The average molecular weight is 244 g/mol. The highest BCUT2D eigenvalue weighted by atomic mass is 16.5. The van der Waals surface area contributed by atoms with Gasteiger partial charge in [-0.15, -0.1) is 0 Å². The maximum Gasteiger partial charge on any atom is 0.0702 e. The van der Waals surface area contributed by atoms with E-state index in [0.29, 0.717) is 12.1 Å². The average Bonchev–Trinajstić information content (AvgIpc) is 2.73. The summed E-state index contributed by atoms with van der Waals surface area (Å²) in [6.07, 6.45) is 2.41. The van der Waals surface area contributed by atoms with Crippen molar-refractivity contribution in [3.8, 4) is 0 Å². The first-order valence-electron chi connectivity index (χ1n) is 6.70. The normalized spacial score (nSPS) is 28.6. The lowest BCUT2D eigenvalue weighted by atomic mass is 9.98. The lowest BCUT2D eigenvalue weighted by molar-refractivity contribution is 0.0765. The fraction of sp³-hybridized carbons (Fsp3) is 1.00. The number of aliphatic hydroxyl groups is 1. The van der Waals surface area contributed by atoms with Gasteiger partial charge in [-0.2, -0.15) is 0 Å². The fourth-order valence-electron chi connectivity index (χ4n) is 2.54. The summed E-state index contributed by atoms with van der Waals surface area (Å²) in [6, 6.07) is 0.527. The minimum Gasteiger partial charge on any atom is -0.394 e. The van der Waals surface area contributed by atoms with E-state index in [0.717, 1.165) is 32.5 Å². The fourth-order valence-corrected chi connectivity index (χ4v) is 2.54. The zero-order chi connectivity index (χ0) is 12.9. The van der Waals surface area contributed by atoms with Gasteiger partial charge in [0.25, 0.3) is 0 Å². The van der Waals surface area contributed by atoms with E-state index >= 15 is 0 Å². The van der Waals surface area contributed by atoms with E-state index in [9.17, 15) is 5.11 Å². The predicted octanol–water partition coefficient (Wildman–Crippen LogP) is 0.846. The molecule has 17 heavy (non-hydrogen) atoms. The predicted molar refractivity (Wildman–Crippen MR) is 70.2 cm³/mol. The van der Waals surface area contributed by atoms with Crippen LogP contribution < -0.4 is 5.32 Å². The number of nitrogens with one attached hydrogen (secondary N) is 1. The van der Waals surface area contributed by atoms with Gasteiger partial charge in [-0.1, -0.05) is 6.92 Å². The van der Waals surface area contributed by atoms with E-state index in [1.165, 1.54) is 0 Å². The largest absolute Gasteiger partial charge is 0.394 e. The highest BCUT2D eigenvalue weighted by molar-refractivity contribution is 4.86. The molecule has 1 saturated heterocycles. The van der Waals surface area contributed by atoms with Crippen LogP contribution in [0.1, 0.15) is 33.6 Å². The van der Waals surface area contributed by atoms with E-state index in [-0.39, 0.29) is 12.1 Å². The summed E-state index contributed by atoms with van der Waals surface area (Å²) < 4.78 is 5.59. The molecular formula is C13H28N2O2. The van der Waals surface area contributed by atoms with Gasteiger partial charge < -0.3 is 20.1 Å². The molecule has 0 saturated carbocycles.